The van der Waals surface area contributed by atoms with Crippen LogP contribution in [0.5, 0.6) is 0 Å². The number of rotatable bonds is 4. The molecule has 0 atom stereocenters. The van der Waals surface area contributed by atoms with Gasteiger partial charge in [0.25, 0.3) is 0 Å². The molecular formula is C15H18ClNS. The number of halogens is 1. The van der Waals surface area contributed by atoms with Crippen LogP contribution in [0.25, 0.3) is 11.1 Å². The average molecular weight is 280 g/mol. The monoisotopic (exact) mass is 279 g/mol. The number of hydrogen-bond donors (Lipinski definition) is 1. The zero-order valence-electron chi connectivity index (χ0n) is 11.0. The van der Waals surface area contributed by atoms with Gasteiger partial charge in [0.15, 0.2) is 0 Å². The number of hydrogen-bond acceptors (Lipinski definition) is 2. The summed E-state index contributed by atoms with van der Waals surface area (Å²) in [5.74, 6) is 0. The van der Waals surface area contributed by atoms with Crippen molar-refractivity contribution in [1.29, 1.82) is 0 Å². The first-order chi connectivity index (χ1) is 8.56. The zero-order valence-corrected chi connectivity index (χ0v) is 12.5. The normalized spacial score (nSPS) is 11.2. The number of aryl methyl sites for hydroxylation is 1. The highest BCUT2D eigenvalue weighted by atomic mass is 35.5. The van der Waals surface area contributed by atoms with Crippen molar-refractivity contribution < 1.29 is 0 Å². The number of thiophene rings is 1. The molecule has 0 spiro atoms. The fraction of sp³-hybridized carbons (Fsp3) is 0.333. The third-order valence-electron chi connectivity index (χ3n) is 2.82. The predicted octanol–water partition coefficient (Wildman–Crippen LogP) is 4.87. The van der Waals surface area contributed by atoms with Gasteiger partial charge in [-0.3, -0.25) is 0 Å². The third-order valence-corrected chi connectivity index (χ3v) is 4.03. The molecule has 2 rings (SSSR count). The molecule has 1 nitrogen and oxygen atoms in total. The lowest BCUT2D eigenvalue weighted by molar-refractivity contribution is 0.589. The Bertz CT molecular complexity index is 531. The molecule has 0 saturated carbocycles. The molecule has 1 aromatic carbocycles. The Labute approximate surface area is 118 Å². The van der Waals surface area contributed by atoms with E-state index in [1.54, 1.807) is 11.3 Å². The van der Waals surface area contributed by atoms with Gasteiger partial charge in [0.1, 0.15) is 0 Å². The van der Waals surface area contributed by atoms with Crippen LogP contribution in [0.4, 0.5) is 0 Å². The summed E-state index contributed by atoms with van der Waals surface area (Å²) in [7, 11) is 0. The molecule has 18 heavy (non-hydrogen) atoms. The summed E-state index contributed by atoms with van der Waals surface area (Å²) >= 11 is 8.10. The smallest absolute Gasteiger partial charge is 0.0457 e. The molecule has 0 aliphatic rings. The fourth-order valence-electron chi connectivity index (χ4n) is 1.78. The molecule has 0 radical (unpaired) electrons. The lowest BCUT2D eigenvalue weighted by Gasteiger charge is -2.10. The predicted molar refractivity (Wildman–Crippen MR) is 81.5 cm³/mol. The third kappa shape index (κ3) is 3.35. The van der Waals surface area contributed by atoms with Crippen molar-refractivity contribution >= 4 is 22.9 Å². The van der Waals surface area contributed by atoms with Crippen LogP contribution in [-0.2, 0) is 6.54 Å². The Kier molecular flexibility index (Phi) is 4.44. The largest absolute Gasteiger partial charge is 0.310 e. The van der Waals surface area contributed by atoms with Gasteiger partial charge in [-0.1, -0.05) is 37.6 Å². The molecule has 3 heteroatoms. The van der Waals surface area contributed by atoms with E-state index in [1.165, 1.54) is 16.0 Å². The van der Waals surface area contributed by atoms with E-state index in [-0.39, 0.29) is 0 Å². The van der Waals surface area contributed by atoms with Crippen molar-refractivity contribution in [3.63, 3.8) is 0 Å². The molecule has 0 aliphatic heterocycles. The molecule has 96 valence electrons. The molecule has 2 aromatic rings. The summed E-state index contributed by atoms with van der Waals surface area (Å²) in [6.45, 7) is 7.21. The lowest BCUT2D eigenvalue weighted by Crippen LogP contribution is -2.21. The van der Waals surface area contributed by atoms with Gasteiger partial charge in [-0.05, 0) is 41.1 Å². The van der Waals surface area contributed by atoms with Gasteiger partial charge in [-0.2, -0.15) is 0 Å². The first-order valence-corrected chi connectivity index (χ1v) is 7.39. The molecule has 1 aromatic heterocycles. The Morgan fingerprint density at radius 2 is 2.00 bits per heavy atom. The van der Waals surface area contributed by atoms with Crippen LogP contribution in [0.3, 0.4) is 0 Å². The molecule has 0 fully saturated rings. The average Bonchev–Trinajstić information content (AvgIpc) is 2.74. The molecular weight excluding hydrogens is 262 g/mol. The van der Waals surface area contributed by atoms with Gasteiger partial charge in [0.05, 0.1) is 0 Å². The number of benzene rings is 1. The van der Waals surface area contributed by atoms with Crippen LogP contribution in [0.2, 0.25) is 5.02 Å². The second-order valence-corrected chi connectivity index (χ2v) is 6.31. The van der Waals surface area contributed by atoms with E-state index >= 15 is 0 Å². The maximum Gasteiger partial charge on any atom is 0.0457 e. The topological polar surface area (TPSA) is 12.0 Å². The van der Waals surface area contributed by atoms with Crippen LogP contribution >= 0.6 is 22.9 Å². The summed E-state index contributed by atoms with van der Waals surface area (Å²) in [4.78, 5) is 1.33. The number of nitrogens with one attached hydrogen (secondary N) is 1. The minimum atomic E-state index is 0.472. The van der Waals surface area contributed by atoms with Crippen molar-refractivity contribution in [3.05, 3.63) is 45.1 Å². The van der Waals surface area contributed by atoms with E-state index in [0.717, 1.165) is 17.1 Å². The van der Waals surface area contributed by atoms with Crippen molar-refractivity contribution in [2.45, 2.75) is 33.4 Å². The second-order valence-electron chi connectivity index (χ2n) is 4.79. The molecule has 1 heterocycles. The van der Waals surface area contributed by atoms with E-state index in [2.05, 4.69) is 55.7 Å². The Balaban J connectivity index is 2.19. The van der Waals surface area contributed by atoms with Gasteiger partial charge < -0.3 is 5.32 Å². The second kappa shape index (κ2) is 5.87. The molecule has 0 aliphatic carbocycles. The van der Waals surface area contributed by atoms with Gasteiger partial charge in [0, 0.05) is 22.5 Å². The van der Waals surface area contributed by atoms with Crippen molar-refractivity contribution in [1.82, 2.24) is 5.32 Å². The van der Waals surface area contributed by atoms with E-state index < -0.39 is 0 Å². The lowest BCUT2D eigenvalue weighted by atomic mass is 10.1. The van der Waals surface area contributed by atoms with Gasteiger partial charge in [-0.25, -0.2) is 0 Å². The summed E-state index contributed by atoms with van der Waals surface area (Å²) in [6.07, 6.45) is 0. The first-order valence-electron chi connectivity index (χ1n) is 6.13. The van der Waals surface area contributed by atoms with Crippen molar-refractivity contribution in [2.75, 3.05) is 0 Å². The standard InChI is InChI=1S/C15H18ClNS/c1-10(2)17-8-13-5-4-12(7-15(13)16)14-6-11(3)18-9-14/h4-7,9-10,17H,8H2,1-3H3. The van der Waals surface area contributed by atoms with Gasteiger partial charge >= 0.3 is 0 Å². The van der Waals surface area contributed by atoms with E-state index in [0.29, 0.717) is 6.04 Å². The highest BCUT2D eigenvalue weighted by molar-refractivity contribution is 7.10. The van der Waals surface area contributed by atoms with E-state index in [9.17, 15) is 0 Å². The van der Waals surface area contributed by atoms with Crippen molar-refractivity contribution in [2.24, 2.45) is 0 Å². The Morgan fingerprint density at radius 1 is 1.22 bits per heavy atom. The minimum absolute atomic E-state index is 0.472. The van der Waals surface area contributed by atoms with E-state index in [1.807, 2.05) is 0 Å². The SMILES string of the molecule is Cc1cc(-c2ccc(CNC(C)C)c(Cl)c2)cs1. The van der Waals surface area contributed by atoms with Crippen LogP contribution < -0.4 is 5.32 Å². The summed E-state index contributed by atoms with van der Waals surface area (Å²) in [6, 6.07) is 8.98. The minimum Gasteiger partial charge on any atom is -0.310 e. The molecule has 1 N–H and O–H groups in total. The van der Waals surface area contributed by atoms with Crippen LogP contribution in [0.15, 0.2) is 29.6 Å². The fourth-order valence-corrected chi connectivity index (χ4v) is 2.74. The maximum atomic E-state index is 6.33. The van der Waals surface area contributed by atoms with Crippen molar-refractivity contribution in [3.8, 4) is 11.1 Å². The Hall–Kier alpha value is -0.830. The summed E-state index contributed by atoms with van der Waals surface area (Å²) in [5, 5.41) is 6.39. The molecule has 0 bridgehead atoms. The van der Waals surface area contributed by atoms with Crippen LogP contribution in [0.1, 0.15) is 24.3 Å². The zero-order chi connectivity index (χ0) is 13.1. The van der Waals surface area contributed by atoms with E-state index in [4.69, 9.17) is 11.6 Å². The maximum absolute atomic E-state index is 6.33. The highest BCUT2D eigenvalue weighted by Crippen LogP contribution is 2.29. The quantitative estimate of drug-likeness (QED) is 0.841. The highest BCUT2D eigenvalue weighted by Gasteiger charge is 2.05. The van der Waals surface area contributed by atoms with Crippen LogP contribution in [-0.4, -0.2) is 6.04 Å². The summed E-state index contributed by atoms with van der Waals surface area (Å²) in [5.41, 5.74) is 3.60. The molecule has 0 unspecified atom stereocenters. The van der Waals surface area contributed by atoms with Gasteiger partial charge in [-0.15, -0.1) is 11.3 Å². The molecule has 0 amide bonds. The summed E-state index contributed by atoms with van der Waals surface area (Å²) < 4.78 is 0. The first kappa shape index (κ1) is 13.6. The van der Waals surface area contributed by atoms with Gasteiger partial charge in [0.2, 0.25) is 0 Å². The molecule has 0 saturated heterocycles. The van der Waals surface area contributed by atoms with Crippen LogP contribution in [0, 0.1) is 6.92 Å². The Morgan fingerprint density at radius 3 is 2.56 bits per heavy atom.